The molecule has 1 fully saturated rings. The molecule has 1 aromatic heterocycles. The van der Waals surface area contributed by atoms with Crippen LogP contribution in [0.2, 0.25) is 0 Å². The van der Waals surface area contributed by atoms with Crippen LogP contribution < -0.4 is 21.7 Å². The third-order valence-corrected chi connectivity index (χ3v) is 5.33. The molecule has 2 unspecified atom stereocenters. The Labute approximate surface area is 195 Å². The van der Waals surface area contributed by atoms with E-state index in [4.69, 9.17) is 5.73 Å². The molecule has 0 saturated carbocycles. The van der Waals surface area contributed by atoms with Crippen LogP contribution in [0.25, 0.3) is 0 Å². The van der Waals surface area contributed by atoms with Crippen molar-refractivity contribution in [2.45, 2.75) is 45.3 Å². The van der Waals surface area contributed by atoms with Gasteiger partial charge in [-0.15, -0.1) is 24.8 Å². The first-order valence-corrected chi connectivity index (χ1v) is 9.99. The summed E-state index contributed by atoms with van der Waals surface area (Å²) in [5.41, 5.74) is 8.60. The number of carbonyl (C=O) groups is 2. The van der Waals surface area contributed by atoms with Crippen molar-refractivity contribution in [2.75, 3.05) is 12.3 Å². The van der Waals surface area contributed by atoms with Gasteiger partial charge in [-0.25, -0.2) is 4.98 Å². The van der Waals surface area contributed by atoms with Crippen molar-refractivity contribution in [2.24, 2.45) is 5.92 Å². The summed E-state index contributed by atoms with van der Waals surface area (Å²) in [4.78, 5) is 29.1. The van der Waals surface area contributed by atoms with Gasteiger partial charge in [0.1, 0.15) is 11.9 Å². The highest BCUT2D eigenvalue weighted by atomic mass is 35.5. The van der Waals surface area contributed by atoms with Crippen LogP contribution in [0.5, 0.6) is 0 Å². The number of carbonyl (C=O) groups excluding carboxylic acids is 2. The van der Waals surface area contributed by atoms with E-state index >= 15 is 0 Å². The van der Waals surface area contributed by atoms with Crippen molar-refractivity contribution < 1.29 is 9.59 Å². The molecule has 2 heterocycles. The molecule has 9 heteroatoms. The lowest BCUT2D eigenvalue weighted by molar-refractivity contribution is -0.129. The fourth-order valence-electron chi connectivity index (χ4n) is 3.62. The van der Waals surface area contributed by atoms with E-state index in [1.165, 1.54) is 5.56 Å². The predicted molar refractivity (Wildman–Crippen MR) is 127 cm³/mol. The van der Waals surface area contributed by atoms with Crippen molar-refractivity contribution in [3.63, 3.8) is 0 Å². The Morgan fingerprint density at radius 3 is 2.58 bits per heavy atom. The lowest BCUT2D eigenvalue weighted by Crippen LogP contribution is -2.50. The van der Waals surface area contributed by atoms with Crippen molar-refractivity contribution >= 4 is 42.4 Å². The Hall–Kier alpha value is -2.35. The number of pyridine rings is 1. The van der Waals surface area contributed by atoms with Gasteiger partial charge in [0.2, 0.25) is 11.8 Å². The average molecular weight is 468 g/mol. The summed E-state index contributed by atoms with van der Waals surface area (Å²) in [6, 6.07) is 13.0. The number of nitrogens with one attached hydrogen (secondary N) is 3. The fourth-order valence-corrected chi connectivity index (χ4v) is 3.62. The van der Waals surface area contributed by atoms with E-state index in [0.29, 0.717) is 18.3 Å². The molecule has 0 aliphatic carbocycles. The number of nitrogens with zero attached hydrogens (tertiary/aromatic N) is 1. The number of hydrogen-bond donors (Lipinski definition) is 4. The van der Waals surface area contributed by atoms with Crippen LogP contribution >= 0.6 is 24.8 Å². The van der Waals surface area contributed by atoms with Gasteiger partial charge >= 0.3 is 0 Å². The van der Waals surface area contributed by atoms with Crippen molar-refractivity contribution in [1.82, 2.24) is 20.9 Å². The van der Waals surface area contributed by atoms with E-state index < -0.39 is 6.04 Å². The molecule has 31 heavy (non-hydrogen) atoms. The standard InChI is InChI=1S/C22H29N5O2.2ClH/c1-14-18(8-9-20(23)26-14)13-25-21(28)15(2)27-22(29)19-11-17(12-24-19)10-16-6-4-3-5-7-16;;/h3-9,15,17,19,24H,10-13H2,1-2H3,(H2,23,26)(H,25,28)(H,27,29);2*1H/t15-,17?,19?;;/m0../s1. The molecule has 0 spiro atoms. The Morgan fingerprint density at radius 2 is 1.90 bits per heavy atom. The van der Waals surface area contributed by atoms with Crippen molar-refractivity contribution in [3.8, 4) is 0 Å². The number of hydrogen-bond acceptors (Lipinski definition) is 5. The first kappa shape index (κ1) is 26.7. The number of aromatic nitrogens is 1. The molecule has 3 atom stereocenters. The average Bonchev–Trinajstić information content (AvgIpc) is 3.16. The van der Waals surface area contributed by atoms with Gasteiger partial charge in [0.05, 0.1) is 6.04 Å². The van der Waals surface area contributed by atoms with Gasteiger partial charge in [-0.05, 0) is 56.3 Å². The molecule has 5 N–H and O–H groups in total. The van der Waals surface area contributed by atoms with Crippen LogP contribution in [0.4, 0.5) is 5.82 Å². The van der Waals surface area contributed by atoms with E-state index in [1.54, 1.807) is 13.0 Å². The van der Waals surface area contributed by atoms with E-state index in [9.17, 15) is 9.59 Å². The third kappa shape index (κ3) is 7.69. The number of nitrogens with two attached hydrogens (primary N) is 1. The predicted octanol–water partition coefficient (Wildman–Crippen LogP) is 2.16. The maximum atomic E-state index is 12.5. The lowest BCUT2D eigenvalue weighted by atomic mass is 9.96. The summed E-state index contributed by atoms with van der Waals surface area (Å²) >= 11 is 0. The second-order valence-corrected chi connectivity index (χ2v) is 7.68. The molecular formula is C22H31Cl2N5O2. The molecule has 2 amide bonds. The number of halogens is 2. The van der Waals surface area contributed by atoms with Crippen LogP contribution in [0.1, 0.15) is 30.2 Å². The topological polar surface area (TPSA) is 109 Å². The molecule has 0 radical (unpaired) electrons. The molecule has 2 aromatic rings. The minimum Gasteiger partial charge on any atom is -0.384 e. The number of nitrogen functional groups attached to an aromatic ring is 1. The molecular weight excluding hydrogens is 437 g/mol. The van der Waals surface area contributed by atoms with Gasteiger partial charge < -0.3 is 21.7 Å². The van der Waals surface area contributed by atoms with Gasteiger partial charge in [-0.3, -0.25) is 9.59 Å². The first-order chi connectivity index (χ1) is 13.9. The Morgan fingerprint density at radius 1 is 1.19 bits per heavy atom. The number of amides is 2. The summed E-state index contributed by atoms with van der Waals surface area (Å²) in [5.74, 6) is 0.507. The highest BCUT2D eigenvalue weighted by molar-refractivity contribution is 5.89. The molecule has 1 aromatic carbocycles. The minimum atomic E-state index is -0.612. The SMILES string of the molecule is Cc1nc(N)ccc1CNC(=O)[C@H](C)NC(=O)C1CC(Cc2ccccc2)CN1.Cl.Cl. The quantitative estimate of drug-likeness (QED) is 0.498. The molecule has 1 aliphatic rings. The van der Waals surface area contributed by atoms with Crippen LogP contribution in [-0.4, -0.2) is 35.4 Å². The van der Waals surface area contributed by atoms with Gasteiger partial charge in [0.25, 0.3) is 0 Å². The minimum absolute atomic E-state index is 0. The summed E-state index contributed by atoms with van der Waals surface area (Å²) in [6.07, 6.45) is 1.72. The van der Waals surface area contributed by atoms with Gasteiger partial charge in [0, 0.05) is 12.2 Å². The number of benzene rings is 1. The summed E-state index contributed by atoms with van der Waals surface area (Å²) in [7, 11) is 0. The van der Waals surface area contributed by atoms with Gasteiger partial charge in [-0.1, -0.05) is 36.4 Å². The molecule has 3 rings (SSSR count). The van der Waals surface area contributed by atoms with Crippen LogP contribution in [0, 0.1) is 12.8 Å². The number of rotatable bonds is 7. The van der Waals surface area contributed by atoms with Crippen molar-refractivity contribution in [1.29, 1.82) is 0 Å². The summed E-state index contributed by atoms with van der Waals surface area (Å²) < 4.78 is 0. The van der Waals surface area contributed by atoms with Gasteiger partial charge in [0.15, 0.2) is 0 Å². The molecule has 1 aliphatic heterocycles. The Bertz CT molecular complexity index is 866. The summed E-state index contributed by atoms with van der Waals surface area (Å²) in [5, 5.41) is 8.94. The largest absolute Gasteiger partial charge is 0.384 e. The fraction of sp³-hybridized carbons (Fsp3) is 0.409. The molecule has 7 nitrogen and oxygen atoms in total. The van der Waals surface area contributed by atoms with E-state index in [-0.39, 0.29) is 42.7 Å². The highest BCUT2D eigenvalue weighted by Crippen LogP contribution is 2.19. The first-order valence-electron chi connectivity index (χ1n) is 9.99. The maximum absolute atomic E-state index is 12.5. The molecule has 1 saturated heterocycles. The maximum Gasteiger partial charge on any atom is 0.242 e. The highest BCUT2D eigenvalue weighted by Gasteiger charge is 2.30. The lowest BCUT2D eigenvalue weighted by Gasteiger charge is -2.17. The normalized spacial score (nSPS) is 18.3. The van der Waals surface area contributed by atoms with E-state index in [1.807, 2.05) is 31.2 Å². The van der Waals surface area contributed by atoms with Crippen LogP contribution in [0.15, 0.2) is 42.5 Å². The Kier molecular flexibility index (Phi) is 10.8. The summed E-state index contributed by atoms with van der Waals surface area (Å²) in [6.45, 7) is 4.69. The van der Waals surface area contributed by atoms with E-state index in [0.717, 1.165) is 30.6 Å². The zero-order chi connectivity index (χ0) is 20.8. The Balaban J connectivity index is 0.00000240. The van der Waals surface area contributed by atoms with E-state index in [2.05, 4.69) is 33.1 Å². The molecule has 170 valence electrons. The third-order valence-electron chi connectivity index (χ3n) is 5.33. The second-order valence-electron chi connectivity index (χ2n) is 7.68. The zero-order valence-corrected chi connectivity index (χ0v) is 19.4. The second kappa shape index (κ2) is 12.5. The zero-order valence-electron chi connectivity index (χ0n) is 17.8. The number of anilines is 1. The van der Waals surface area contributed by atoms with Gasteiger partial charge in [-0.2, -0.15) is 0 Å². The van der Waals surface area contributed by atoms with Crippen LogP contribution in [0.3, 0.4) is 0 Å². The van der Waals surface area contributed by atoms with Crippen LogP contribution in [-0.2, 0) is 22.6 Å². The monoisotopic (exact) mass is 467 g/mol. The molecule has 0 bridgehead atoms. The smallest absolute Gasteiger partial charge is 0.242 e. The van der Waals surface area contributed by atoms with Crippen molar-refractivity contribution in [3.05, 3.63) is 59.3 Å². The number of aryl methyl sites for hydroxylation is 1.